The van der Waals surface area contributed by atoms with Crippen molar-refractivity contribution in [1.29, 1.82) is 0 Å². The van der Waals surface area contributed by atoms with Crippen LogP contribution in [0.3, 0.4) is 0 Å². The molecule has 0 amide bonds. The summed E-state index contributed by atoms with van der Waals surface area (Å²) in [4.78, 5) is 4.10. The van der Waals surface area contributed by atoms with Crippen molar-refractivity contribution in [2.24, 2.45) is 0 Å². The number of imidazole rings is 1. The van der Waals surface area contributed by atoms with Gasteiger partial charge in [0.15, 0.2) is 5.65 Å². The van der Waals surface area contributed by atoms with Gasteiger partial charge in [-0.05, 0) is 6.08 Å². The second-order valence-electron chi connectivity index (χ2n) is 2.33. The van der Waals surface area contributed by atoms with Gasteiger partial charge in [-0.2, -0.15) is 5.10 Å². The van der Waals surface area contributed by atoms with Gasteiger partial charge in [0.05, 0.1) is 23.1 Å². The minimum Gasteiger partial charge on any atom is -0.235 e. The molecule has 0 saturated carbocycles. The number of halogens is 1. The molecule has 0 aromatic carbocycles. The molecule has 2 rings (SSSR count). The Kier molecular flexibility index (Phi) is 1.59. The Bertz CT molecular complexity index is 433. The summed E-state index contributed by atoms with van der Waals surface area (Å²) in [5, 5.41) is 4.65. The highest BCUT2D eigenvalue weighted by Gasteiger charge is 2.00. The zero-order valence-corrected chi connectivity index (χ0v) is 6.99. The molecule has 0 radical (unpaired) electrons. The van der Waals surface area contributed by atoms with E-state index in [0.717, 1.165) is 11.3 Å². The van der Waals surface area contributed by atoms with Crippen molar-refractivity contribution in [3.05, 3.63) is 35.8 Å². The van der Waals surface area contributed by atoms with Crippen LogP contribution in [0.4, 0.5) is 0 Å². The summed E-state index contributed by atoms with van der Waals surface area (Å²) in [5.41, 5.74) is 1.60. The molecule has 0 atom stereocenters. The molecule has 12 heavy (non-hydrogen) atoms. The van der Waals surface area contributed by atoms with Crippen LogP contribution in [0.2, 0.25) is 5.02 Å². The van der Waals surface area contributed by atoms with E-state index < -0.39 is 0 Å². The molecule has 2 aromatic rings. The highest BCUT2D eigenvalue weighted by Crippen LogP contribution is 2.11. The number of fused-ring (bicyclic) bond motifs is 1. The maximum atomic E-state index is 5.73. The first kappa shape index (κ1) is 7.31. The maximum absolute atomic E-state index is 5.73. The van der Waals surface area contributed by atoms with E-state index in [1.807, 2.05) is 0 Å². The molecule has 2 aromatic heterocycles. The number of hydrogen-bond acceptors (Lipinski definition) is 2. The number of hydrogen-bond donors (Lipinski definition) is 0. The minimum absolute atomic E-state index is 0.587. The fourth-order valence-electron chi connectivity index (χ4n) is 1.01. The van der Waals surface area contributed by atoms with Crippen LogP contribution in [0.25, 0.3) is 11.7 Å². The Labute approximate surface area is 74.3 Å². The van der Waals surface area contributed by atoms with Crippen LogP contribution in [-0.4, -0.2) is 14.6 Å². The van der Waals surface area contributed by atoms with E-state index in [2.05, 4.69) is 16.7 Å². The molecule has 0 aliphatic carbocycles. The number of rotatable bonds is 1. The highest BCUT2D eigenvalue weighted by molar-refractivity contribution is 6.30. The third kappa shape index (κ3) is 0.987. The van der Waals surface area contributed by atoms with Crippen molar-refractivity contribution in [2.75, 3.05) is 0 Å². The second-order valence-corrected chi connectivity index (χ2v) is 2.77. The zero-order valence-electron chi connectivity index (χ0n) is 6.24. The van der Waals surface area contributed by atoms with Crippen molar-refractivity contribution in [3.63, 3.8) is 0 Å². The first-order valence-corrected chi connectivity index (χ1v) is 3.81. The van der Waals surface area contributed by atoms with Crippen LogP contribution in [0, 0.1) is 0 Å². The molecule has 0 aliphatic heterocycles. The molecule has 4 heteroatoms. The van der Waals surface area contributed by atoms with Crippen LogP contribution in [0.15, 0.2) is 25.0 Å². The summed E-state index contributed by atoms with van der Waals surface area (Å²) >= 11 is 5.73. The van der Waals surface area contributed by atoms with Gasteiger partial charge in [0, 0.05) is 6.07 Å². The standard InChI is InChI=1S/C8H6ClN3/c1-2-7-5-10-8-3-6(9)4-11-12(7)8/h2-5H,1H2. The predicted molar refractivity (Wildman–Crippen MR) is 48.1 cm³/mol. The summed E-state index contributed by atoms with van der Waals surface area (Å²) in [6.45, 7) is 3.64. The predicted octanol–water partition coefficient (Wildman–Crippen LogP) is 2.03. The third-order valence-electron chi connectivity index (χ3n) is 1.56. The normalized spacial score (nSPS) is 10.4. The largest absolute Gasteiger partial charge is 0.235 e. The van der Waals surface area contributed by atoms with Gasteiger partial charge in [-0.1, -0.05) is 18.2 Å². The lowest BCUT2D eigenvalue weighted by atomic mass is 10.5. The lowest BCUT2D eigenvalue weighted by Gasteiger charge is -1.93. The lowest BCUT2D eigenvalue weighted by molar-refractivity contribution is 0.926. The lowest BCUT2D eigenvalue weighted by Crippen LogP contribution is -1.91. The van der Waals surface area contributed by atoms with E-state index in [1.54, 1.807) is 29.1 Å². The van der Waals surface area contributed by atoms with E-state index in [1.165, 1.54) is 0 Å². The fourth-order valence-corrected chi connectivity index (χ4v) is 1.15. The maximum Gasteiger partial charge on any atom is 0.155 e. The number of nitrogens with zero attached hydrogens (tertiary/aromatic N) is 3. The molecule has 0 aliphatic rings. The molecule has 0 bridgehead atoms. The Hall–Kier alpha value is -1.35. The number of aromatic nitrogens is 3. The molecule has 0 saturated heterocycles. The quantitative estimate of drug-likeness (QED) is 0.671. The summed E-state index contributed by atoms with van der Waals surface area (Å²) in [6.07, 6.45) is 4.97. The van der Waals surface area contributed by atoms with Crippen molar-refractivity contribution in [1.82, 2.24) is 14.6 Å². The topological polar surface area (TPSA) is 30.2 Å². The summed E-state index contributed by atoms with van der Waals surface area (Å²) in [6, 6.07) is 1.75. The monoisotopic (exact) mass is 179 g/mol. The smallest absolute Gasteiger partial charge is 0.155 e. The highest BCUT2D eigenvalue weighted by atomic mass is 35.5. The van der Waals surface area contributed by atoms with Crippen molar-refractivity contribution < 1.29 is 0 Å². The molecule has 3 nitrogen and oxygen atoms in total. The molecular formula is C8H6ClN3. The molecule has 0 N–H and O–H groups in total. The molecule has 60 valence electrons. The Morgan fingerprint density at radius 3 is 3.08 bits per heavy atom. The Morgan fingerprint density at radius 2 is 2.33 bits per heavy atom. The van der Waals surface area contributed by atoms with Gasteiger partial charge in [0.1, 0.15) is 0 Å². The average molecular weight is 180 g/mol. The summed E-state index contributed by atoms with van der Waals surface area (Å²) in [5.74, 6) is 0. The average Bonchev–Trinajstić information content (AvgIpc) is 2.46. The zero-order chi connectivity index (χ0) is 8.55. The summed E-state index contributed by atoms with van der Waals surface area (Å²) in [7, 11) is 0. The molecular weight excluding hydrogens is 174 g/mol. The third-order valence-corrected chi connectivity index (χ3v) is 1.77. The molecule has 2 heterocycles. The van der Waals surface area contributed by atoms with E-state index >= 15 is 0 Å². The van der Waals surface area contributed by atoms with Gasteiger partial charge in [-0.3, -0.25) is 0 Å². The van der Waals surface area contributed by atoms with Crippen LogP contribution in [0.1, 0.15) is 5.69 Å². The Morgan fingerprint density at radius 1 is 1.50 bits per heavy atom. The van der Waals surface area contributed by atoms with Crippen LogP contribution >= 0.6 is 11.6 Å². The first-order valence-electron chi connectivity index (χ1n) is 3.43. The summed E-state index contributed by atoms with van der Waals surface area (Å²) < 4.78 is 1.68. The molecule has 0 spiro atoms. The first-order chi connectivity index (χ1) is 5.81. The van der Waals surface area contributed by atoms with Crippen molar-refractivity contribution >= 4 is 23.3 Å². The van der Waals surface area contributed by atoms with E-state index in [-0.39, 0.29) is 0 Å². The van der Waals surface area contributed by atoms with E-state index in [0.29, 0.717) is 5.02 Å². The van der Waals surface area contributed by atoms with Gasteiger partial charge in [0.25, 0.3) is 0 Å². The van der Waals surface area contributed by atoms with Crippen LogP contribution in [0.5, 0.6) is 0 Å². The van der Waals surface area contributed by atoms with Gasteiger partial charge < -0.3 is 0 Å². The van der Waals surface area contributed by atoms with E-state index in [9.17, 15) is 0 Å². The molecule has 0 unspecified atom stereocenters. The van der Waals surface area contributed by atoms with Gasteiger partial charge in [-0.15, -0.1) is 0 Å². The second kappa shape index (κ2) is 2.60. The molecule has 0 fully saturated rings. The Balaban J connectivity index is 2.81. The SMILES string of the molecule is C=Cc1cnc2cc(Cl)cnn12. The van der Waals surface area contributed by atoms with Gasteiger partial charge in [-0.25, -0.2) is 9.50 Å². The van der Waals surface area contributed by atoms with Crippen LogP contribution < -0.4 is 0 Å². The van der Waals surface area contributed by atoms with Gasteiger partial charge in [0.2, 0.25) is 0 Å². The van der Waals surface area contributed by atoms with Crippen molar-refractivity contribution in [3.8, 4) is 0 Å². The fraction of sp³-hybridized carbons (Fsp3) is 0. The van der Waals surface area contributed by atoms with Gasteiger partial charge >= 0.3 is 0 Å². The van der Waals surface area contributed by atoms with Crippen LogP contribution in [-0.2, 0) is 0 Å². The van der Waals surface area contributed by atoms with E-state index in [4.69, 9.17) is 11.6 Å². The van der Waals surface area contributed by atoms with Crippen molar-refractivity contribution in [2.45, 2.75) is 0 Å². The minimum atomic E-state index is 0.587.